The lowest BCUT2D eigenvalue weighted by Gasteiger charge is -2.31. The number of benzene rings is 1. The molecule has 27 heavy (non-hydrogen) atoms. The van der Waals surface area contributed by atoms with E-state index in [1.165, 1.54) is 11.3 Å². The highest BCUT2D eigenvalue weighted by atomic mass is 16.6. The average molecular weight is 374 g/mol. The van der Waals surface area contributed by atoms with Gasteiger partial charge in [-0.1, -0.05) is 0 Å². The number of carbonyl (C=O) groups is 2. The zero-order valence-corrected chi connectivity index (χ0v) is 14.4. The van der Waals surface area contributed by atoms with Gasteiger partial charge in [0.05, 0.1) is 19.1 Å². The van der Waals surface area contributed by atoms with Crippen molar-refractivity contribution in [3.8, 4) is 22.8 Å². The van der Waals surface area contributed by atoms with Crippen molar-refractivity contribution in [3.63, 3.8) is 0 Å². The van der Waals surface area contributed by atoms with Crippen molar-refractivity contribution >= 4 is 11.9 Å². The monoisotopic (exact) mass is 374 g/mol. The van der Waals surface area contributed by atoms with Crippen molar-refractivity contribution in [2.24, 2.45) is 0 Å². The molecule has 2 aromatic rings. The quantitative estimate of drug-likeness (QED) is 0.855. The molecular formula is C18H18N2O7. The number of hydrogen-bond donors (Lipinski definition) is 1. The number of nitrogens with zero attached hydrogens (tertiary/aromatic N) is 2. The van der Waals surface area contributed by atoms with E-state index in [0.29, 0.717) is 42.6 Å². The number of fused-ring (bicyclic) bond motifs is 1. The zero-order chi connectivity index (χ0) is 18.8. The Balaban J connectivity index is 1.56. The molecule has 0 bridgehead atoms. The zero-order valence-electron chi connectivity index (χ0n) is 14.4. The summed E-state index contributed by atoms with van der Waals surface area (Å²) >= 11 is 0. The summed E-state index contributed by atoms with van der Waals surface area (Å²) in [7, 11) is 0. The largest absolute Gasteiger partial charge is 0.486 e. The van der Waals surface area contributed by atoms with E-state index < -0.39 is 12.1 Å². The highest BCUT2D eigenvalue weighted by Gasteiger charge is 2.30. The van der Waals surface area contributed by atoms with Gasteiger partial charge in [0, 0.05) is 18.7 Å². The summed E-state index contributed by atoms with van der Waals surface area (Å²) in [6.45, 7) is 1.78. The highest BCUT2D eigenvalue weighted by molar-refractivity contribution is 5.97. The van der Waals surface area contributed by atoms with Crippen LogP contribution in [-0.2, 0) is 9.53 Å². The standard InChI is InChI=1S/C18H18N2O7/c21-15(22)8-12-9-20(3-4-24-12)18(23)16-17(27-10-19-16)11-1-2-13-14(7-11)26-6-5-25-13/h1-2,7,10,12H,3-6,8-9H2,(H,21,22). The lowest BCUT2D eigenvalue weighted by Crippen LogP contribution is -2.46. The smallest absolute Gasteiger partial charge is 0.306 e. The highest BCUT2D eigenvalue weighted by Crippen LogP contribution is 2.35. The van der Waals surface area contributed by atoms with Crippen molar-refractivity contribution in [1.82, 2.24) is 9.88 Å². The topological polar surface area (TPSA) is 111 Å². The molecule has 1 unspecified atom stereocenters. The van der Waals surface area contributed by atoms with Crippen LogP contribution in [0.1, 0.15) is 16.9 Å². The van der Waals surface area contributed by atoms with E-state index in [9.17, 15) is 9.59 Å². The van der Waals surface area contributed by atoms with Crippen LogP contribution >= 0.6 is 0 Å². The van der Waals surface area contributed by atoms with Crippen LogP contribution in [0.3, 0.4) is 0 Å². The predicted molar refractivity (Wildman–Crippen MR) is 90.8 cm³/mol. The van der Waals surface area contributed by atoms with E-state index >= 15 is 0 Å². The minimum Gasteiger partial charge on any atom is -0.486 e. The fourth-order valence-electron chi connectivity index (χ4n) is 3.16. The molecule has 2 aliphatic rings. The summed E-state index contributed by atoms with van der Waals surface area (Å²) < 4.78 is 22.0. The summed E-state index contributed by atoms with van der Waals surface area (Å²) in [6, 6.07) is 5.29. The van der Waals surface area contributed by atoms with E-state index in [0.717, 1.165) is 0 Å². The Bertz CT molecular complexity index is 863. The van der Waals surface area contributed by atoms with Gasteiger partial charge < -0.3 is 28.6 Å². The SMILES string of the molecule is O=C(O)CC1CN(C(=O)c2ncoc2-c2ccc3c(c2)OCCO3)CCO1. The summed E-state index contributed by atoms with van der Waals surface area (Å²) in [4.78, 5) is 29.4. The molecule has 1 aromatic heterocycles. The number of ether oxygens (including phenoxy) is 3. The first kappa shape index (κ1) is 17.3. The van der Waals surface area contributed by atoms with Crippen LogP contribution < -0.4 is 9.47 Å². The molecule has 0 aliphatic carbocycles. The third-order valence-electron chi connectivity index (χ3n) is 4.40. The van der Waals surface area contributed by atoms with Crippen LogP contribution in [0, 0.1) is 0 Å². The maximum atomic E-state index is 12.9. The molecule has 3 heterocycles. The Morgan fingerprint density at radius 2 is 2.00 bits per heavy atom. The summed E-state index contributed by atoms with van der Waals surface area (Å²) in [6.07, 6.45) is 0.524. The van der Waals surface area contributed by atoms with Crippen molar-refractivity contribution in [1.29, 1.82) is 0 Å². The number of rotatable bonds is 4. The molecule has 0 spiro atoms. The maximum Gasteiger partial charge on any atom is 0.306 e. The second-order valence-corrected chi connectivity index (χ2v) is 6.23. The van der Waals surface area contributed by atoms with Crippen LogP contribution in [0.25, 0.3) is 11.3 Å². The molecule has 9 nitrogen and oxygen atoms in total. The number of hydrogen-bond acceptors (Lipinski definition) is 7. The number of oxazole rings is 1. The van der Waals surface area contributed by atoms with Gasteiger partial charge in [-0.3, -0.25) is 9.59 Å². The summed E-state index contributed by atoms with van der Waals surface area (Å²) in [5.41, 5.74) is 0.818. The third kappa shape index (κ3) is 3.59. The van der Waals surface area contributed by atoms with Gasteiger partial charge in [-0.25, -0.2) is 4.98 Å². The first-order chi connectivity index (χ1) is 13.1. The van der Waals surface area contributed by atoms with Gasteiger partial charge >= 0.3 is 5.97 Å². The van der Waals surface area contributed by atoms with Crippen LogP contribution in [-0.4, -0.2) is 65.9 Å². The number of carbonyl (C=O) groups excluding carboxylic acids is 1. The van der Waals surface area contributed by atoms with Crippen molar-refractivity contribution in [2.45, 2.75) is 12.5 Å². The van der Waals surface area contributed by atoms with Crippen molar-refractivity contribution in [2.75, 3.05) is 32.9 Å². The number of carboxylic acids is 1. The Labute approximate surface area is 154 Å². The number of aliphatic carboxylic acids is 1. The van der Waals surface area contributed by atoms with Gasteiger partial charge in [0.1, 0.15) is 13.2 Å². The van der Waals surface area contributed by atoms with Gasteiger partial charge in [0.25, 0.3) is 5.91 Å². The molecule has 142 valence electrons. The lowest BCUT2D eigenvalue weighted by atomic mass is 10.1. The third-order valence-corrected chi connectivity index (χ3v) is 4.40. The van der Waals surface area contributed by atoms with Crippen LogP contribution in [0.5, 0.6) is 11.5 Å². The Kier molecular flexibility index (Phi) is 4.68. The summed E-state index contributed by atoms with van der Waals surface area (Å²) in [5.74, 6) is 0.266. The molecule has 4 rings (SSSR count). The molecule has 1 aromatic carbocycles. The minimum absolute atomic E-state index is 0.155. The first-order valence-electron chi connectivity index (χ1n) is 8.58. The Morgan fingerprint density at radius 3 is 2.81 bits per heavy atom. The van der Waals surface area contributed by atoms with E-state index in [2.05, 4.69) is 4.98 Å². The average Bonchev–Trinajstić information content (AvgIpc) is 3.16. The molecule has 0 radical (unpaired) electrons. The predicted octanol–water partition coefficient (Wildman–Crippen LogP) is 1.43. The van der Waals surface area contributed by atoms with Gasteiger partial charge in [-0.2, -0.15) is 0 Å². The van der Waals surface area contributed by atoms with Crippen molar-refractivity contribution in [3.05, 3.63) is 30.3 Å². The fraction of sp³-hybridized carbons (Fsp3) is 0.389. The van der Waals surface area contributed by atoms with Gasteiger partial charge in [-0.05, 0) is 18.2 Å². The Hall–Kier alpha value is -3.07. The molecule has 1 fully saturated rings. The van der Waals surface area contributed by atoms with Crippen LogP contribution in [0.4, 0.5) is 0 Å². The molecule has 1 saturated heterocycles. The van der Waals surface area contributed by atoms with Crippen LogP contribution in [0.2, 0.25) is 0 Å². The Morgan fingerprint density at radius 1 is 1.19 bits per heavy atom. The van der Waals surface area contributed by atoms with Crippen LogP contribution in [0.15, 0.2) is 29.0 Å². The second kappa shape index (κ2) is 7.28. The summed E-state index contributed by atoms with van der Waals surface area (Å²) in [5, 5.41) is 8.93. The second-order valence-electron chi connectivity index (χ2n) is 6.23. The maximum absolute atomic E-state index is 12.9. The number of carboxylic acid groups (broad SMARTS) is 1. The molecule has 2 aliphatic heterocycles. The van der Waals surface area contributed by atoms with Crippen molar-refractivity contribution < 1.29 is 33.3 Å². The molecule has 0 saturated carbocycles. The molecule has 1 N–H and O–H groups in total. The number of morpholine rings is 1. The molecule has 1 atom stereocenters. The van der Waals surface area contributed by atoms with E-state index in [-0.39, 0.29) is 31.2 Å². The minimum atomic E-state index is -0.965. The number of amides is 1. The lowest BCUT2D eigenvalue weighted by molar-refractivity contribution is -0.141. The van der Waals surface area contributed by atoms with Gasteiger partial charge in [0.15, 0.2) is 29.3 Å². The molecular weight excluding hydrogens is 356 g/mol. The van der Waals surface area contributed by atoms with Gasteiger partial charge in [-0.15, -0.1) is 0 Å². The first-order valence-corrected chi connectivity index (χ1v) is 8.58. The normalized spacial score (nSPS) is 19.0. The van der Waals surface area contributed by atoms with Gasteiger partial charge in [0.2, 0.25) is 0 Å². The van der Waals surface area contributed by atoms with E-state index in [1.54, 1.807) is 18.2 Å². The molecule has 1 amide bonds. The molecule has 9 heteroatoms. The number of aromatic nitrogens is 1. The van der Waals surface area contributed by atoms with E-state index in [1.807, 2.05) is 0 Å². The fourth-order valence-corrected chi connectivity index (χ4v) is 3.16. The van der Waals surface area contributed by atoms with E-state index in [4.69, 9.17) is 23.7 Å².